The highest BCUT2D eigenvalue weighted by Crippen LogP contribution is 2.31. The number of carbonyl (C=O) groups is 2. The molecule has 1 heterocycles. The maximum atomic E-state index is 12.5. The van der Waals surface area contributed by atoms with E-state index in [1.807, 2.05) is 38.1 Å². The van der Waals surface area contributed by atoms with Crippen LogP contribution in [0.4, 0.5) is 11.4 Å². The molecule has 2 aromatic carbocycles. The van der Waals surface area contributed by atoms with Gasteiger partial charge in [0.05, 0.1) is 5.69 Å². The van der Waals surface area contributed by atoms with E-state index in [0.29, 0.717) is 15.9 Å². The summed E-state index contributed by atoms with van der Waals surface area (Å²) in [7, 11) is 1.68. The summed E-state index contributed by atoms with van der Waals surface area (Å²) in [6.07, 6.45) is 0.0760. The summed E-state index contributed by atoms with van der Waals surface area (Å²) >= 11 is 7.40. The lowest BCUT2D eigenvalue weighted by molar-refractivity contribution is -0.127. The fourth-order valence-corrected chi connectivity index (χ4v) is 4.05. The summed E-state index contributed by atoms with van der Waals surface area (Å²) < 4.78 is 0. The summed E-state index contributed by atoms with van der Waals surface area (Å²) in [5.74, 6) is -0.346. The Morgan fingerprint density at radius 1 is 1.26 bits per heavy atom. The van der Waals surface area contributed by atoms with Gasteiger partial charge in [0.1, 0.15) is 5.25 Å². The van der Waals surface area contributed by atoms with Crippen molar-refractivity contribution in [3.05, 3.63) is 58.6 Å². The van der Waals surface area contributed by atoms with Crippen LogP contribution in [0, 0.1) is 13.8 Å². The molecular weight excluding hydrogens is 382 g/mol. The highest BCUT2D eigenvalue weighted by atomic mass is 35.5. The van der Waals surface area contributed by atoms with E-state index in [1.165, 1.54) is 16.7 Å². The molecule has 0 aromatic heterocycles. The lowest BCUT2D eigenvalue weighted by Crippen LogP contribution is -2.30. The van der Waals surface area contributed by atoms with Crippen molar-refractivity contribution in [2.24, 2.45) is 4.99 Å². The van der Waals surface area contributed by atoms with E-state index < -0.39 is 5.25 Å². The van der Waals surface area contributed by atoms with Crippen molar-refractivity contribution >= 4 is 51.7 Å². The van der Waals surface area contributed by atoms with Crippen LogP contribution in [0.15, 0.2) is 47.5 Å². The second kappa shape index (κ2) is 8.15. The Morgan fingerprint density at radius 2 is 2.00 bits per heavy atom. The SMILES string of the molecule is Cc1cccc(N=C2S[C@@H](CC(=O)Nc3cccc(Cl)c3C)C(=O)N2C)c1. The number of thioether (sulfide) groups is 1. The van der Waals surface area contributed by atoms with Crippen molar-refractivity contribution in [1.82, 2.24) is 4.90 Å². The second-order valence-corrected chi connectivity index (χ2v) is 7.98. The molecule has 0 saturated carbocycles. The molecule has 1 atom stereocenters. The van der Waals surface area contributed by atoms with E-state index in [1.54, 1.807) is 25.2 Å². The number of aliphatic imine (C=N–C) groups is 1. The molecule has 2 amide bonds. The summed E-state index contributed by atoms with van der Waals surface area (Å²) in [4.78, 5) is 31.0. The van der Waals surface area contributed by atoms with Gasteiger partial charge in [0, 0.05) is 24.2 Å². The van der Waals surface area contributed by atoms with Gasteiger partial charge in [-0.25, -0.2) is 4.99 Å². The average molecular weight is 402 g/mol. The van der Waals surface area contributed by atoms with Crippen LogP contribution >= 0.6 is 23.4 Å². The fraction of sp³-hybridized carbons (Fsp3) is 0.250. The zero-order chi connectivity index (χ0) is 19.6. The van der Waals surface area contributed by atoms with Crippen LogP contribution in [0.2, 0.25) is 5.02 Å². The first-order valence-corrected chi connectivity index (χ1v) is 9.75. The summed E-state index contributed by atoms with van der Waals surface area (Å²) in [6, 6.07) is 13.1. The normalized spacial score (nSPS) is 18.2. The van der Waals surface area contributed by atoms with E-state index >= 15 is 0 Å². The Hall–Kier alpha value is -2.31. The van der Waals surface area contributed by atoms with Gasteiger partial charge in [-0.1, -0.05) is 41.6 Å². The predicted octanol–water partition coefficient (Wildman–Crippen LogP) is 4.55. The quantitative estimate of drug-likeness (QED) is 0.817. The molecule has 1 fully saturated rings. The van der Waals surface area contributed by atoms with Gasteiger partial charge < -0.3 is 5.32 Å². The Balaban J connectivity index is 1.70. The topological polar surface area (TPSA) is 61.8 Å². The molecular formula is C20H20ClN3O2S. The van der Waals surface area contributed by atoms with Crippen LogP contribution in [0.25, 0.3) is 0 Å². The van der Waals surface area contributed by atoms with Crippen molar-refractivity contribution in [3.8, 4) is 0 Å². The van der Waals surface area contributed by atoms with Gasteiger partial charge in [-0.05, 0) is 49.2 Å². The molecule has 1 saturated heterocycles. The number of benzene rings is 2. The highest BCUT2D eigenvalue weighted by molar-refractivity contribution is 8.15. The number of amides is 2. The maximum absolute atomic E-state index is 12.5. The van der Waals surface area contributed by atoms with Crippen LogP contribution in [0.1, 0.15) is 17.5 Å². The minimum Gasteiger partial charge on any atom is -0.326 e. The van der Waals surface area contributed by atoms with Crippen LogP contribution in [0.3, 0.4) is 0 Å². The zero-order valence-corrected chi connectivity index (χ0v) is 16.9. The molecule has 0 radical (unpaired) electrons. The molecule has 140 valence electrons. The molecule has 7 heteroatoms. The van der Waals surface area contributed by atoms with E-state index in [0.717, 1.165) is 16.8 Å². The van der Waals surface area contributed by atoms with Crippen molar-refractivity contribution < 1.29 is 9.59 Å². The van der Waals surface area contributed by atoms with Crippen molar-refractivity contribution in [3.63, 3.8) is 0 Å². The molecule has 27 heavy (non-hydrogen) atoms. The summed E-state index contributed by atoms with van der Waals surface area (Å²) in [5.41, 5.74) is 3.35. The lowest BCUT2D eigenvalue weighted by Gasteiger charge is -2.11. The molecule has 0 spiro atoms. The minimum absolute atomic E-state index is 0.0760. The first kappa shape index (κ1) is 19.5. The Kier molecular flexibility index (Phi) is 5.87. The molecule has 1 aliphatic heterocycles. The van der Waals surface area contributed by atoms with Crippen molar-refractivity contribution in [2.75, 3.05) is 12.4 Å². The van der Waals surface area contributed by atoms with Crippen LogP contribution in [-0.4, -0.2) is 34.2 Å². The number of anilines is 1. The van der Waals surface area contributed by atoms with Crippen LogP contribution in [-0.2, 0) is 9.59 Å². The molecule has 0 aliphatic carbocycles. The second-order valence-electron chi connectivity index (χ2n) is 6.40. The van der Waals surface area contributed by atoms with Crippen molar-refractivity contribution in [2.45, 2.75) is 25.5 Å². The number of hydrogen-bond donors (Lipinski definition) is 1. The van der Waals surface area contributed by atoms with E-state index in [-0.39, 0.29) is 18.2 Å². The van der Waals surface area contributed by atoms with E-state index in [2.05, 4.69) is 10.3 Å². The maximum Gasteiger partial charge on any atom is 0.242 e. The number of nitrogens with one attached hydrogen (secondary N) is 1. The zero-order valence-electron chi connectivity index (χ0n) is 15.3. The molecule has 1 aliphatic rings. The van der Waals surface area contributed by atoms with Gasteiger partial charge >= 0.3 is 0 Å². The summed E-state index contributed by atoms with van der Waals surface area (Å²) in [6.45, 7) is 3.83. The van der Waals surface area contributed by atoms with Gasteiger partial charge in [0.15, 0.2) is 5.17 Å². The predicted molar refractivity (Wildman–Crippen MR) is 112 cm³/mol. The average Bonchev–Trinajstić information content (AvgIpc) is 2.87. The number of hydrogen-bond acceptors (Lipinski definition) is 4. The Morgan fingerprint density at radius 3 is 2.74 bits per heavy atom. The number of aryl methyl sites for hydroxylation is 1. The lowest BCUT2D eigenvalue weighted by atomic mass is 10.2. The van der Waals surface area contributed by atoms with Gasteiger partial charge in [-0.3, -0.25) is 14.5 Å². The third kappa shape index (κ3) is 4.51. The monoisotopic (exact) mass is 401 g/mol. The van der Waals surface area contributed by atoms with E-state index in [9.17, 15) is 9.59 Å². The number of rotatable bonds is 4. The van der Waals surface area contributed by atoms with Gasteiger partial charge in [0.2, 0.25) is 11.8 Å². The molecule has 5 nitrogen and oxygen atoms in total. The number of halogens is 1. The van der Waals surface area contributed by atoms with E-state index in [4.69, 9.17) is 11.6 Å². The summed E-state index contributed by atoms with van der Waals surface area (Å²) in [5, 5.41) is 3.54. The van der Waals surface area contributed by atoms with Crippen molar-refractivity contribution in [1.29, 1.82) is 0 Å². The van der Waals surface area contributed by atoms with Crippen LogP contribution in [0.5, 0.6) is 0 Å². The van der Waals surface area contributed by atoms with Crippen LogP contribution < -0.4 is 5.32 Å². The first-order valence-electron chi connectivity index (χ1n) is 8.49. The molecule has 0 bridgehead atoms. The molecule has 1 N–H and O–H groups in total. The minimum atomic E-state index is -0.488. The van der Waals surface area contributed by atoms with Gasteiger partial charge in [0.25, 0.3) is 0 Å². The molecule has 0 unspecified atom stereocenters. The van der Waals surface area contributed by atoms with Gasteiger partial charge in [-0.15, -0.1) is 0 Å². The first-order chi connectivity index (χ1) is 12.8. The third-order valence-electron chi connectivity index (χ3n) is 4.28. The highest BCUT2D eigenvalue weighted by Gasteiger charge is 2.37. The standard InChI is InChI=1S/C20H20ClN3O2S/c1-12-6-4-7-14(10-12)22-20-24(3)19(26)17(27-20)11-18(25)23-16-9-5-8-15(21)13(16)2/h4-10,17H,11H2,1-3H3,(H,23,25)/t17-/m0/s1. The molecule has 2 aromatic rings. The largest absolute Gasteiger partial charge is 0.326 e. The Labute approximate surface area is 167 Å². The number of carbonyl (C=O) groups excluding carboxylic acids is 2. The third-order valence-corrected chi connectivity index (χ3v) is 5.92. The molecule has 3 rings (SSSR count). The number of nitrogens with zero attached hydrogens (tertiary/aromatic N) is 2. The fourth-order valence-electron chi connectivity index (χ4n) is 2.72. The Bertz CT molecular complexity index is 929. The number of amidine groups is 1. The smallest absolute Gasteiger partial charge is 0.242 e. The van der Waals surface area contributed by atoms with Gasteiger partial charge in [-0.2, -0.15) is 0 Å².